The fourth-order valence-corrected chi connectivity index (χ4v) is 1.75. The highest BCUT2D eigenvalue weighted by molar-refractivity contribution is 5.74. The summed E-state index contributed by atoms with van der Waals surface area (Å²) in [5, 5.41) is 18.2. The van der Waals surface area contributed by atoms with Crippen LogP contribution in [0.4, 0.5) is 0 Å². The van der Waals surface area contributed by atoms with Gasteiger partial charge in [-0.1, -0.05) is 25.1 Å². The minimum absolute atomic E-state index is 0.357. The summed E-state index contributed by atoms with van der Waals surface area (Å²) in [6, 6.07) is 5.09. The van der Waals surface area contributed by atoms with Crippen LogP contribution >= 0.6 is 0 Å². The van der Waals surface area contributed by atoms with Crippen molar-refractivity contribution < 1.29 is 19.8 Å². The van der Waals surface area contributed by atoms with Gasteiger partial charge in [-0.3, -0.25) is 0 Å². The van der Waals surface area contributed by atoms with E-state index in [9.17, 15) is 14.7 Å². The van der Waals surface area contributed by atoms with Gasteiger partial charge in [0.2, 0.25) is 0 Å². The topological polar surface area (TPSA) is 74.6 Å². The molecule has 0 aliphatic heterocycles. The van der Waals surface area contributed by atoms with Crippen molar-refractivity contribution in [3.05, 3.63) is 34.9 Å². The van der Waals surface area contributed by atoms with E-state index < -0.39 is 12.1 Å². The number of hydrogen-bond acceptors (Lipinski definition) is 3. The van der Waals surface area contributed by atoms with E-state index in [4.69, 9.17) is 5.11 Å². The van der Waals surface area contributed by atoms with E-state index in [0.29, 0.717) is 18.4 Å². The molecule has 1 aromatic rings. The number of hydrogen-bond donors (Lipinski definition) is 2. The van der Waals surface area contributed by atoms with Crippen LogP contribution in [0.2, 0.25) is 0 Å². The van der Waals surface area contributed by atoms with Gasteiger partial charge in [0.25, 0.3) is 0 Å². The van der Waals surface area contributed by atoms with Crippen LogP contribution in [-0.4, -0.2) is 22.5 Å². The molecule has 2 N–H and O–H groups in total. The molecule has 0 saturated carbocycles. The number of aldehydes is 1. The van der Waals surface area contributed by atoms with Crippen LogP contribution in [0.1, 0.15) is 36.1 Å². The molecule has 0 saturated heterocycles. The van der Waals surface area contributed by atoms with Crippen molar-refractivity contribution in [1.29, 1.82) is 0 Å². The number of aliphatic hydroxyl groups excluding tert-OH is 1. The third kappa shape index (κ3) is 3.39. The Hall–Kier alpha value is -1.68. The van der Waals surface area contributed by atoms with E-state index in [0.717, 1.165) is 23.8 Å². The maximum absolute atomic E-state index is 10.7. The van der Waals surface area contributed by atoms with Crippen molar-refractivity contribution in [3.8, 4) is 0 Å². The normalized spacial score (nSPS) is 12.1. The predicted octanol–water partition coefficient (Wildman–Crippen LogP) is 1.50. The first kappa shape index (κ1) is 13.4. The largest absolute Gasteiger partial charge is 0.479 e. The average molecular weight is 236 g/mol. The first-order chi connectivity index (χ1) is 8.10. The lowest BCUT2D eigenvalue weighted by atomic mass is 9.96. The summed E-state index contributed by atoms with van der Waals surface area (Å²) >= 11 is 0. The molecule has 4 heteroatoms. The summed E-state index contributed by atoms with van der Waals surface area (Å²) in [4.78, 5) is 21.0. The van der Waals surface area contributed by atoms with Crippen molar-refractivity contribution in [1.82, 2.24) is 0 Å². The molecule has 4 nitrogen and oxygen atoms in total. The molecule has 0 aliphatic carbocycles. The number of carbonyl (C=O) groups excluding carboxylic acids is 1. The van der Waals surface area contributed by atoms with Crippen LogP contribution in [-0.2, 0) is 22.4 Å². The van der Waals surface area contributed by atoms with Crippen LogP contribution < -0.4 is 0 Å². The summed E-state index contributed by atoms with van der Waals surface area (Å²) in [6.07, 6.45) is 1.13. The third-order valence-electron chi connectivity index (χ3n) is 2.69. The molecule has 17 heavy (non-hydrogen) atoms. The van der Waals surface area contributed by atoms with Crippen molar-refractivity contribution in [3.63, 3.8) is 0 Å². The number of carboxylic acids is 1. The van der Waals surface area contributed by atoms with Crippen molar-refractivity contribution in [2.45, 2.75) is 32.3 Å². The molecule has 0 aromatic heterocycles. The van der Waals surface area contributed by atoms with Gasteiger partial charge in [-0.05, 0) is 29.5 Å². The average Bonchev–Trinajstić information content (AvgIpc) is 2.34. The first-order valence-corrected chi connectivity index (χ1v) is 5.56. The van der Waals surface area contributed by atoms with Gasteiger partial charge in [-0.2, -0.15) is 0 Å². The maximum atomic E-state index is 10.7. The number of carbonyl (C=O) groups is 2. The molecule has 1 aromatic carbocycles. The van der Waals surface area contributed by atoms with E-state index in [1.54, 1.807) is 12.1 Å². The lowest BCUT2D eigenvalue weighted by Gasteiger charge is -2.11. The van der Waals surface area contributed by atoms with Crippen LogP contribution in [0, 0.1) is 0 Å². The number of aliphatic hydroxyl groups is 1. The molecule has 0 bridgehead atoms. The van der Waals surface area contributed by atoms with Gasteiger partial charge >= 0.3 is 5.97 Å². The first-order valence-electron chi connectivity index (χ1n) is 5.56. The van der Waals surface area contributed by atoms with Gasteiger partial charge in [0.15, 0.2) is 6.10 Å². The molecule has 1 atom stereocenters. The minimum Gasteiger partial charge on any atom is -0.479 e. The molecule has 1 rings (SSSR count). The highest BCUT2D eigenvalue weighted by Crippen LogP contribution is 2.20. The van der Waals surface area contributed by atoms with Crippen LogP contribution in [0.3, 0.4) is 0 Å². The molecular weight excluding hydrogens is 220 g/mol. The molecule has 0 fully saturated rings. The highest BCUT2D eigenvalue weighted by atomic mass is 16.4. The zero-order chi connectivity index (χ0) is 12.8. The maximum Gasteiger partial charge on any atom is 0.337 e. The fourth-order valence-electron chi connectivity index (χ4n) is 1.75. The summed E-state index contributed by atoms with van der Waals surface area (Å²) in [7, 11) is 0. The predicted molar refractivity (Wildman–Crippen MR) is 62.8 cm³/mol. The summed E-state index contributed by atoms with van der Waals surface area (Å²) < 4.78 is 0. The Kier molecular flexibility index (Phi) is 4.84. The molecule has 1 unspecified atom stereocenters. The van der Waals surface area contributed by atoms with Crippen LogP contribution in [0.15, 0.2) is 18.2 Å². The summed E-state index contributed by atoms with van der Waals surface area (Å²) in [6.45, 7) is 1.99. The Labute approximate surface area is 99.9 Å². The van der Waals surface area contributed by atoms with Crippen molar-refractivity contribution >= 4 is 12.3 Å². The zero-order valence-corrected chi connectivity index (χ0v) is 9.72. The van der Waals surface area contributed by atoms with E-state index >= 15 is 0 Å². The Bertz CT molecular complexity index is 412. The van der Waals surface area contributed by atoms with E-state index in [1.165, 1.54) is 0 Å². The monoisotopic (exact) mass is 236 g/mol. The molecule has 0 radical (unpaired) electrons. The lowest BCUT2D eigenvalue weighted by Crippen LogP contribution is -2.11. The zero-order valence-electron chi connectivity index (χ0n) is 9.72. The third-order valence-corrected chi connectivity index (χ3v) is 2.69. The molecule has 0 spiro atoms. The standard InChI is InChI=1S/C13H16O4/c1-2-9-5-6-11(12(15)13(16)17)8-10(9)4-3-7-14/h5-8,12,15H,2-4H2,1H3,(H,16,17). The quantitative estimate of drug-likeness (QED) is 0.734. The van der Waals surface area contributed by atoms with Gasteiger partial charge in [0.05, 0.1) is 0 Å². The van der Waals surface area contributed by atoms with E-state index in [1.807, 2.05) is 13.0 Å². The van der Waals surface area contributed by atoms with Crippen LogP contribution in [0.25, 0.3) is 0 Å². The summed E-state index contributed by atoms with van der Waals surface area (Å²) in [5.41, 5.74) is 2.36. The molecular formula is C13H16O4. The van der Waals surface area contributed by atoms with Gasteiger partial charge < -0.3 is 15.0 Å². The number of benzene rings is 1. The molecule has 92 valence electrons. The lowest BCUT2D eigenvalue weighted by molar-refractivity contribution is -0.146. The molecule has 0 heterocycles. The van der Waals surface area contributed by atoms with Gasteiger partial charge in [-0.25, -0.2) is 4.79 Å². The van der Waals surface area contributed by atoms with Gasteiger partial charge in [0, 0.05) is 6.42 Å². The fraction of sp³-hybridized carbons (Fsp3) is 0.385. The Morgan fingerprint density at radius 2 is 2.12 bits per heavy atom. The molecule has 0 aliphatic rings. The smallest absolute Gasteiger partial charge is 0.337 e. The second kappa shape index (κ2) is 6.15. The minimum atomic E-state index is -1.50. The second-order valence-corrected chi connectivity index (χ2v) is 3.83. The number of aliphatic carboxylic acids is 1. The van der Waals surface area contributed by atoms with Gasteiger partial charge in [-0.15, -0.1) is 0 Å². The Balaban J connectivity index is 3.03. The number of carboxylic acid groups (broad SMARTS) is 1. The SMILES string of the molecule is CCc1ccc(C(O)C(=O)O)cc1CCC=O. The molecule has 0 amide bonds. The Morgan fingerprint density at radius 3 is 2.65 bits per heavy atom. The van der Waals surface area contributed by atoms with Gasteiger partial charge in [0.1, 0.15) is 6.29 Å². The van der Waals surface area contributed by atoms with Crippen LogP contribution in [0.5, 0.6) is 0 Å². The highest BCUT2D eigenvalue weighted by Gasteiger charge is 2.16. The second-order valence-electron chi connectivity index (χ2n) is 3.83. The number of rotatable bonds is 6. The van der Waals surface area contributed by atoms with Crippen molar-refractivity contribution in [2.75, 3.05) is 0 Å². The van der Waals surface area contributed by atoms with E-state index in [2.05, 4.69) is 0 Å². The number of aryl methyl sites for hydroxylation is 2. The van der Waals surface area contributed by atoms with Crippen molar-refractivity contribution in [2.24, 2.45) is 0 Å². The Morgan fingerprint density at radius 1 is 1.41 bits per heavy atom. The van der Waals surface area contributed by atoms with E-state index in [-0.39, 0.29) is 0 Å². The summed E-state index contributed by atoms with van der Waals surface area (Å²) in [5.74, 6) is -1.27.